The normalized spacial score (nSPS) is 11.2. The molecule has 0 radical (unpaired) electrons. The van der Waals surface area contributed by atoms with Crippen LogP contribution in [0.1, 0.15) is 19.8 Å². The summed E-state index contributed by atoms with van der Waals surface area (Å²) in [5.41, 5.74) is 0.496. The molecule has 2 aromatic carbocycles. The first-order valence-electron chi connectivity index (χ1n) is 7.83. The first-order chi connectivity index (χ1) is 12.3. The van der Waals surface area contributed by atoms with E-state index in [1.165, 1.54) is 41.3 Å². The summed E-state index contributed by atoms with van der Waals surface area (Å²) in [7, 11) is -3.92. The Kier molecular flexibility index (Phi) is 6.75. The smallest absolute Gasteiger partial charge is 0.411 e. The van der Waals surface area contributed by atoms with Gasteiger partial charge in [-0.3, -0.25) is 9.62 Å². The maximum Gasteiger partial charge on any atom is 0.411 e. The third-order valence-electron chi connectivity index (χ3n) is 3.62. The van der Waals surface area contributed by atoms with Gasteiger partial charge in [0.05, 0.1) is 20.6 Å². The van der Waals surface area contributed by atoms with Crippen molar-refractivity contribution < 1.29 is 18.3 Å². The minimum Gasteiger partial charge on any atom is -0.465 e. The van der Waals surface area contributed by atoms with E-state index in [0.29, 0.717) is 18.7 Å². The van der Waals surface area contributed by atoms with Crippen LogP contribution in [-0.2, 0) is 10.0 Å². The summed E-state index contributed by atoms with van der Waals surface area (Å²) in [5, 5.41) is 9.65. The molecule has 0 aliphatic rings. The lowest BCUT2D eigenvalue weighted by Crippen LogP contribution is -2.30. The number of anilines is 2. The lowest BCUT2D eigenvalue weighted by molar-refractivity contribution is 0.201. The number of halogens is 2. The largest absolute Gasteiger partial charge is 0.465 e. The lowest BCUT2D eigenvalue weighted by Gasteiger charge is -2.19. The minimum atomic E-state index is -3.92. The fourth-order valence-corrected chi connectivity index (χ4v) is 3.95. The number of carboxylic acid groups (broad SMARTS) is 1. The zero-order valence-electron chi connectivity index (χ0n) is 13.9. The van der Waals surface area contributed by atoms with E-state index in [9.17, 15) is 18.3 Å². The second kappa shape index (κ2) is 8.62. The minimum absolute atomic E-state index is 0.0296. The van der Waals surface area contributed by atoms with Crippen molar-refractivity contribution in [3.63, 3.8) is 0 Å². The number of hydrogen-bond donors (Lipinski definition) is 2. The number of carbonyl (C=O) groups is 1. The van der Waals surface area contributed by atoms with Crippen LogP contribution in [0.4, 0.5) is 16.2 Å². The third kappa shape index (κ3) is 4.81. The fraction of sp³-hybridized carbons (Fsp3) is 0.235. The zero-order valence-corrected chi connectivity index (χ0v) is 16.3. The molecule has 6 nitrogen and oxygen atoms in total. The van der Waals surface area contributed by atoms with E-state index >= 15 is 0 Å². The summed E-state index contributed by atoms with van der Waals surface area (Å²) < 4.78 is 27.4. The van der Waals surface area contributed by atoms with Crippen LogP contribution in [-0.4, -0.2) is 26.2 Å². The molecule has 140 valence electrons. The Morgan fingerprint density at radius 1 is 1.12 bits per heavy atom. The van der Waals surface area contributed by atoms with Crippen molar-refractivity contribution in [2.24, 2.45) is 0 Å². The zero-order chi connectivity index (χ0) is 19.3. The van der Waals surface area contributed by atoms with Gasteiger partial charge in [-0.25, -0.2) is 13.2 Å². The van der Waals surface area contributed by atoms with Crippen LogP contribution in [0.3, 0.4) is 0 Å². The molecule has 0 atom stereocenters. The van der Waals surface area contributed by atoms with Crippen LogP contribution < -0.4 is 9.62 Å². The highest BCUT2D eigenvalue weighted by Crippen LogP contribution is 2.32. The van der Waals surface area contributed by atoms with E-state index in [1.54, 1.807) is 6.07 Å². The van der Waals surface area contributed by atoms with Crippen molar-refractivity contribution in [2.45, 2.75) is 24.7 Å². The molecule has 2 aromatic rings. The Balaban J connectivity index is 2.27. The first kappa shape index (κ1) is 20.4. The highest BCUT2D eigenvalue weighted by Gasteiger charge is 2.19. The van der Waals surface area contributed by atoms with E-state index in [4.69, 9.17) is 23.2 Å². The van der Waals surface area contributed by atoms with E-state index in [-0.39, 0.29) is 20.6 Å². The van der Waals surface area contributed by atoms with Crippen LogP contribution in [0.2, 0.25) is 10.0 Å². The van der Waals surface area contributed by atoms with Crippen LogP contribution in [0.5, 0.6) is 0 Å². The molecule has 0 fully saturated rings. The number of nitrogens with zero attached hydrogens (tertiary/aromatic N) is 1. The molecule has 26 heavy (non-hydrogen) atoms. The van der Waals surface area contributed by atoms with Crippen LogP contribution >= 0.6 is 23.2 Å². The standard InChI is InChI=1S/C17H18Cl2N2O4S/c1-2-3-11-21(17(22)23)12-7-9-13(10-8-12)26(24,25)20-16-14(18)5-4-6-15(16)19/h4-10,20H,2-3,11H2,1H3,(H,22,23). The summed E-state index contributed by atoms with van der Waals surface area (Å²) in [5.74, 6) is 0. The summed E-state index contributed by atoms with van der Waals surface area (Å²) in [6.07, 6.45) is 0.465. The molecular weight excluding hydrogens is 399 g/mol. The Labute approximate surface area is 162 Å². The van der Waals surface area contributed by atoms with Gasteiger partial charge in [0.1, 0.15) is 0 Å². The Morgan fingerprint density at radius 2 is 1.69 bits per heavy atom. The summed E-state index contributed by atoms with van der Waals surface area (Å²) >= 11 is 12.0. The van der Waals surface area contributed by atoms with Gasteiger partial charge in [-0.1, -0.05) is 42.6 Å². The van der Waals surface area contributed by atoms with Gasteiger partial charge in [0.25, 0.3) is 10.0 Å². The summed E-state index contributed by atoms with van der Waals surface area (Å²) in [6.45, 7) is 2.30. The Bertz CT molecular complexity index is 866. The van der Waals surface area contributed by atoms with E-state index in [1.807, 2.05) is 6.92 Å². The molecule has 0 aliphatic heterocycles. The van der Waals surface area contributed by atoms with E-state index in [0.717, 1.165) is 6.42 Å². The number of unbranched alkanes of at least 4 members (excludes halogenated alkanes) is 1. The maximum atomic E-state index is 12.5. The first-order valence-corrected chi connectivity index (χ1v) is 10.1. The molecular formula is C17H18Cl2N2O4S. The molecule has 0 saturated carbocycles. The summed E-state index contributed by atoms with van der Waals surface area (Å²) in [4.78, 5) is 12.5. The number of para-hydroxylation sites is 1. The van der Waals surface area contributed by atoms with Crippen molar-refractivity contribution in [2.75, 3.05) is 16.2 Å². The topological polar surface area (TPSA) is 86.7 Å². The quantitative estimate of drug-likeness (QED) is 0.658. The molecule has 0 spiro atoms. The van der Waals surface area contributed by atoms with Gasteiger partial charge >= 0.3 is 6.09 Å². The van der Waals surface area contributed by atoms with Crippen molar-refractivity contribution >= 4 is 50.7 Å². The second-order valence-corrected chi connectivity index (χ2v) is 7.98. The fourth-order valence-electron chi connectivity index (χ4n) is 2.25. The van der Waals surface area contributed by atoms with Crippen molar-refractivity contribution in [3.05, 3.63) is 52.5 Å². The van der Waals surface area contributed by atoms with Crippen molar-refractivity contribution in [3.8, 4) is 0 Å². The van der Waals surface area contributed by atoms with Gasteiger partial charge < -0.3 is 5.11 Å². The number of rotatable bonds is 7. The molecule has 2 N–H and O–H groups in total. The van der Waals surface area contributed by atoms with E-state index < -0.39 is 16.1 Å². The predicted molar refractivity (Wildman–Crippen MR) is 104 cm³/mol. The highest BCUT2D eigenvalue weighted by atomic mass is 35.5. The number of nitrogens with one attached hydrogen (secondary N) is 1. The second-order valence-electron chi connectivity index (χ2n) is 5.48. The SMILES string of the molecule is CCCCN(C(=O)O)c1ccc(S(=O)(=O)Nc2c(Cl)cccc2Cl)cc1. The molecule has 9 heteroatoms. The Morgan fingerprint density at radius 3 is 2.19 bits per heavy atom. The van der Waals surface area contributed by atoms with Crippen LogP contribution in [0.15, 0.2) is 47.4 Å². The lowest BCUT2D eigenvalue weighted by atomic mass is 10.2. The van der Waals surface area contributed by atoms with Gasteiger partial charge in [0, 0.05) is 12.2 Å². The van der Waals surface area contributed by atoms with Crippen molar-refractivity contribution in [1.29, 1.82) is 0 Å². The molecule has 0 unspecified atom stereocenters. The number of amides is 1. The third-order valence-corrected chi connectivity index (χ3v) is 5.62. The molecule has 0 aliphatic carbocycles. The molecule has 0 aromatic heterocycles. The van der Waals surface area contributed by atoms with Gasteiger partial charge in [0.15, 0.2) is 0 Å². The van der Waals surface area contributed by atoms with Gasteiger partial charge in [0.2, 0.25) is 0 Å². The maximum absolute atomic E-state index is 12.5. The molecule has 1 amide bonds. The monoisotopic (exact) mass is 416 g/mol. The highest BCUT2D eigenvalue weighted by molar-refractivity contribution is 7.92. The van der Waals surface area contributed by atoms with Crippen molar-refractivity contribution in [1.82, 2.24) is 0 Å². The number of sulfonamides is 1. The molecule has 0 bridgehead atoms. The Hall–Kier alpha value is -1.96. The average molecular weight is 417 g/mol. The predicted octanol–water partition coefficient (Wildman–Crippen LogP) is 5.08. The average Bonchev–Trinajstić information content (AvgIpc) is 2.59. The number of benzene rings is 2. The van der Waals surface area contributed by atoms with E-state index in [2.05, 4.69) is 4.72 Å². The van der Waals surface area contributed by atoms with Gasteiger partial charge in [-0.05, 0) is 42.8 Å². The van der Waals surface area contributed by atoms with Gasteiger partial charge in [-0.15, -0.1) is 0 Å². The number of hydrogen-bond acceptors (Lipinski definition) is 3. The van der Waals surface area contributed by atoms with Crippen LogP contribution in [0, 0.1) is 0 Å². The molecule has 2 rings (SSSR count). The molecule has 0 heterocycles. The van der Waals surface area contributed by atoms with Crippen LogP contribution in [0.25, 0.3) is 0 Å². The summed E-state index contributed by atoms with van der Waals surface area (Å²) in [6, 6.07) is 10.2. The van der Waals surface area contributed by atoms with Gasteiger partial charge in [-0.2, -0.15) is 0 Å². The molecule has 0 saturated heterocycles.